The van der Waals surface area contributed by atoms with Crippen molar-refractivity contribution in [1.82, 2.24) is 0 Å². The number of nitrogens with two attached hydrogens (primary N) is 1. The number of hydrogen-bond donors (Lipinski definition) is 2. The third-order valence-electron chi connectivity index (χ3n) is 3.03. The minimum Gasteiger partial charge on any atom is -0.389 e. The van der Waals surface area contributed by atoms with Crippen LogP contribution in [0.1, 0.15) is 31.7 Å². The first-order valence-corrected chi connectivity index (χ1v) is 6.71. The molecule has 0 bridgehead atoms. The summed E-state index contributed by atoms with van der Waals surface area (Å²) in [6.45, 7) is 2.19. The first-order chi connectivity index (χ1) is 8.06. The van der Waals surface area contributed by atoms with Gasteiger partial charge in [-0.2, -0.15) is 0 Å². The van der Waals surface area contributed by atoms with E-state index in [1.807, 2.05) is 18.2 Å². The van der Waals surface area contributed by atoms with Crippen molar-refractivity contribution >= 4 is 34.5 Å². The van der Waals surface area contributed by atoms with Crippen molar-refractivity contribution in [3.63, 3.8) is 0 Å². The van der Waals surface area contributed by atoms with E-state index in [1.54, 1.807) is 0 Å². The molecule has 92 valence electrons. The van der Waals surface area contributed by atoms with Gasteiger partial charge >= 0.3 is 0 Å². The summed E-state index contributed by atoms with van der Waals surface area (Å²) in [6, 6.07) is 6.06. The first kappa shape index (κ1) is 12.7. The summed E-state index contributed by atoms with van der Waals surface area (Å²) >= 11 is 11.0. The number of anilines is 1. The Morgan fingerprint density at radius 1 is 1.59 bits per heavy atom. The maximum absolute atomic E-state index is 5.95. The molecule has 1 saturated carbocycles. The third-order valence-corrected chi connectivity index (χ3v) is 3.49. The molecular weight excluding hydrogens is 252 g/mol. The van der Waals surface area contributed by atoms with Gasteiger partial charge in [0.1, 0.15) is 4.99 Å². The fourth-order valence-electron chi connectivity index (χ4n) is 2.02. The highest BCUT2D eigenvalue weighted by molar-refractivity contribution is 7.80. The fraction of sp³-hybridized carbons (Fsp3) is 0.462. The highest BCUT2D eigenvalue weighted by Gasteiger charge is 2.23. The normalized spacial score (nSPS) is 16.6. The summed E-state index contributed by atoms with van der Waals surface area (Å²) in [7, 11) is 0. The van der Waals surface area contributed by atoms with Crippen molar-refractivity contribution in [2.45, 2.75) is 32.2 Å². The van der Waals surface area contributed by atoms with Gasteiger partial charge in [-0.15, -0.1) is 0 Å². The van der Waals surface area contributed by atoms with Crippen LogP contribution in [0.2, 0.25) is 5.02 Å². The third kappa shape index (κ3) is 3.58. The number of benzene rings is 1. The monoisotopic (exact) mass is 268 g/mol. The lowest BCUT2D eigenvalue weighted by Crippen LogP contribution is -2.19. The van der Waals surface area contributed by atoms with Crippen LogP contribution in [0.25, 0.3) is 0 Å². The van der Waals surface area contributed by atoms with Crippen LogP contribution in [0.15, 0.2) is 18.2 Å². The lowest BCUT2D eigenvalue weighted by Gasteiger charge is -2.17. The topological polar surface area (TPSA) is 38.0 Å². The summed E-state index contributed by atoms with van der Waals surface area (Å²) in [4.78, 5) is 0.383. The van der Waals surface area contributed by atoms with E-state index < -0.39 is 0 Å². The van der Waals surface area contributed by atoms with Crippen LogP contribution in [-0.2, 0) is 0 Å². The Balaban J connectivity index is 2.10. The van der Waals surface area contributed by atoms with Crippen LogP contribution >= 0.6 is 23.8 Å². The summed E-state index contributed by atoms with van der Waals surface area (Å²) < 4.78 is 0. The van der Waals surface area contributed by atoms with Crippen molar-refractivity contribution in [1.29, 1.82) is 0 Å². The largest absolute Gasteiger partial charge is 0.389 e. The van der Waals surface area contributed by atoms with E-state index in [0.717, 1.165) is 17.2 Å². The number of halogens is 1. The molecule has 0 spiro atoms. The molecule has 0 saturated heterocycles. The Labute approximate surface area is 113 Å². The zero-order valence-electron chi connectivity index (χ0n) is 9.87. The molecule has 1 aliphatic carbocycles. The van der Waals surface area contributed by atoms with Crippen molar-refractivity contribution < 1.29 is 0 Å². The molecule has 1 fully saturated rings. The fourth-order valence-corrected chi connectivity index (χ4v) is 2.37. The van der Waals surface area contributed by atoms with Crippen molar-refractivity contribution in [2.24, 2.45) is 11.7 Å². The molecule has 1 unspecified atom stereocenters. The lowest BCUT2D eigenvalue weighted by atomic mass is 10.1. The molecule has 1 atom stereocenters. The van der Waals surface area contributed by atoms with Gasteiger partial charge in [-0.3, -0.25) is 0 Å². The molecule has 1 aromatic carbocycles. The Morgan fingerprint density at radius 2 is 2.29 bits per heavy atom. The summed E-state index contributed by atoms with van der Waals surface area (Å²) in [5.74, 6) is 0.901. The second-order valence-electron chi connectivity index (χ2n) is 4.78. The lowest BCUT2D eigenvalue weighted by molar-refractivity contribution is 0.642. The standard InChI is InChI=1S/C13H17ClN2S/c1-8(6-9-2-3-9)16-12-5-4-10(14)7-11(12)13(15)17/h4-5,7-9,16H,2-3,6H2,1H3,(H2,15,17). The van der Waals surface area contributed by atoms with Gasteiger partial charge in [0.15, 0.2) is 0 Å². The van der Waals surface area contributed by atoms with Crippen LogP contribution in [0.4, 0.5) is 5.69 Å². The average molecular weight is 269 g/mol. The molecule has 3 N–H and O–H groups in total. The van der Waals surface area contributed by atoms with Gasteiger partial charge in [0.2, 0.25) is 0 Å². The molecular formula is C13H17ClN2S. The number of rotatable bonds is 5. The second kappa shape index (κ2) is 5.23. The molecule has 0 amide bonds. The zero-order valence-corrected chi connectivity index (χ0v) is 11.4. The Hall–Kier alpha value is -0.800. The summed E-state index contributed by atoms with van der Waals surface area (Å²) in [6.07, 6.45) is 3.95. The molecule has 2 nitrogen and oxygen atoms in total. The maximum Gasteiger partial charge on any atom is 0.106 e. The van der Waals surface area contributed by atoms with Gasteiger partial charge in [-0.05, 0) is 37.5 Å². The molecule has 1 aliphatic rings. The molecule has 4 heteroatoms. The van der Waals surface area contributed by atoms with Crippen LogP contribution < -0.4 is 11.1 Å². The van der Waals surface area contributed by atoms with Gasteiger partial charge in [-0.25, -0.2) is 0 Å². The van der Waals surface area contributed by atoms with Crippen LogP contribution in [0.5, 0.6) is 0 Å². The number of thiocarbonyl (C=S) groups is 1. The zero-order chi connectivity index (χ0) is 12.4. The van der Waals surface area contributed by atoms with Crippen molar-refractivity contribution in [3.8, 4) is 0 Å². The van der Waals surface area contributed by atoms with Crippen LogP contribution in [-0.4, -0.2) is 11.0 Å². The second-order valence-corrected chi connectivity index (χ2v) is 5.65. The predicted octanol–water partition coefficient (Wildman–Crippen LogP) is 3.57. The van der Waals surface area contributed by atoms with E-state index in [1.165, 1.54) is 19.3 Å². The van der Waals surface area contributed by atoms with Gasteiger partial charge in [0.05, 0.1) is 0 Å². The quantitative estimate of drug-likeness (QED) is 0.802. The predicted molar refractivity (Wildman–Crippen MR) is 77.8 cm³/mol. The molecule has 17 heavy (non-hydrogen) atoms. The molecule has 1 aromatic rings. The van der Waals surface area contributed by atoms with Crippen molar-refractivity contribution in [3.05, 3.63) is 28.8 Å². The van der Waals surface area contributed by atoms with Gasteiger partial charge in [0, 0.05) is 22.3 Å². The molecule has 0 aliphatic heterocycles. The van der Waals surface area contributed by atoms with E-state index >= 15 is 0 Å². The smallest absolute Gasteiger partial charge is 0.106 e. The number of hydrogen-bond acceptors (Lipinski definition) is 2. The van der Waals surface area contributed by atoms with E-state index in [9.17, 15) is 0 Å². The Bertz CT molecular complexity index is 429. The Kier molecular flexibility index (Phi) is 3.89. The van der Waals surface area contributed by atoms with E-state index in [0.29, 0.717) is 16.1 Å². The molecule has 0 aromatic heterocycles. The van der Waals surface area contributed by atoms with Crippen LogP contribution in [0.3, 0.4) is 0 Å². The molecule has 2 rings (SSSR count). The summed E-state index contributed by atoms with van der Waals surface area (Å²) in [5, 5.41) is 4.12. The van der Waals surface area contributed by atoms with E-state index in [4.69, 9.17) is 29.6 Å². The summed E-state index contributed by atoms with van der Waals surface area (Å²) in [5.41, 5.74) is 7.52. The first-order valence-electron chi connectivity index (χ1n) is 5.92. The van der Waals surface area contributed by atoms with Gasteiger partial charge < -0.3 is 11.1 Å². The minimum absolute atomic E-state index is 0.383. The van der Waals surface area contributed by atoms with E-state index in [2.05, 4.69) is 12.2 Å². The van der Waals surface area contributed by atoms with Gasteiger partial charge in [-0.1, -0.05) is 36.7 Å². The molecule has 0 radical (unpaired) electrons. The van der Waals surface area contributed by atoms with E-state index in [-0.39, 0.29) is 0 Å². The highest BCUT2D eigenvalue weighted by atomic mass is 35.5. The number of nitrogens with one attached hydrogen (secondary N) is 1. The minimum atomic E-state index is 0.383. The van der Waals surface area contributed by atoms with Crippen LogP contribution in [0, 0.1) is 5.92 Å². The van der Waals surface area contributed by atoms with Crippen molar-refractivity contribution in [2.75, 3.05) is 5.32 Å². The Morgan fingerprint density at radius 3 is 2.88 bits per heavy atom. The highest BCUT2D eigenvalue weighted by Crippen LogP contribution is 2.34. The maximum atomic E-state index is 5.95. The van der Waals surface area contributed by atoms with Gasteiger partial charge in [0.25, 0.3) is 0 Å². The SMILES string of the molecule is CC(CC1CC1)Nc1ccc(Cl)cc1C(N)=S. The molecule has 0 heterocycles. The average Bonchev–Trinajstić information content (AvgIpc) is 3.04.